The summed E-state index contributed by atoms with van der Waals surface area (Å²) in [6.07, 6.45) is 1.18. The molecule has 230 valence electrons. The highest BCUT2D eigenvalue weighted by molar-refractivity contribution is 7.07. The maximum atomic E-state index is 14.6. The van der Waals surface area contributed by atoms with Crippen molar-refractivity contribution in [2.45, 2.75) is 39.3 Å². The lowest BCUT2D eigenvalue weighted by Gasteiger charge is -2.27. The van der Waals surface area contributed by atoms with E-state index in [4.69, 9.17) is 37.7 Å². The first-order chi connectivity index (χ1) is 21.8. The van der Waals surface area contributed by atoms with Crippen molar-refractivity contribution < 1.29 is 19.1 Å². The van der Waals surface area contributed by atoms with Crippen LogP contribution in [0.25, 0.3) is 5.57 Å². The summed E-state index contributed by atoms with van der Waals surface area (Å²) < 4.78 is 12.9. The Balaban J connectivity index is 1.62. The number of hydrogen-bond donors (Lipinski definition) is 0. The van der Waals surface area contributed by atoms with E-state index in [0.29, 0.717) is 62.5 Å². The van der Waals surface area contributed by atoms with Crippen molar-refractivity contribution in [1.82, 2.24) is 4.57 Å². The van der Waals surface area contributed by atoms with Crippen molar-refractivity contribution in [3.8, 4) is 5.75 Å². The van der Waals surface area contributed by atoms with E-state index in [1.54, 1.807) is 42.2 Å². The van der Waals surface area contributed by atoms with Gasteiger partial charge in [0.15, 0.2) is 4.80 Å². The Labute approximate surface area is 273 Å². The molecule has 0 N–H and O–H groups in total. The van der Waals surface area contributed by atoms with Gasteiger partial charge >= 0.3 is 5.97 Å². The molecule has 8 nitrogen and oxygen atoms in total. The molecule has 0 radical (unpaired) electrons. The third kappa shape index (κ3) is 5.49. The van der Waals surface area contributed by atoms with Crippen molar-refractivity contribution in [2.75, 3.05) is 18.6 Å². The minimum atomic E-state index is -0.943. The number of hydrogen-bond acceptors (Lipinski definition) is 7. The minimum absolute atomic E-state index is 0.143. The van der Waals surface area contributed by atoms with E-state index in [-0.39, 0.29) is 28.2 Å². The Morgan fingerprint density at radius 1 is 1.00 bits per heavy atom. The number of amides is 1. The van der Waals surface area contributed by atoms with E-state index in [0.717, 1.165) is 16.9 Å². The molecule has 11 heteroatoms. The molecule has 2 aliphatic rings. The molecule has 0 spiro atoms. The number of aromatic nitrogens is 1. The molecule has 0 saturated carbocycles. The molecule has 3 aromatic carbocycles. The molecule has 45 heavy (non-hydrogen) atoms. The third-order valence-electron chi connectivity index (χ3n) is 7.76. The second kappa shape index (κ2) is 12.7. The monoisotopic (exact) mass is 661 g/mol. The summed E-state index contributed by atoms with van der Waals surface area (Å²) in [4.78, 5) is 49.2. The molecule has 0 fully saturated rings. The predicted molar refractivity (Wildman–Crippen MR) is 176 cm³/mol. The summed E-state index contributed by atoms with van der Waals surface area (Å²) in [7, 11) is 1.52. The lowest BCUT2D eigenvalue weighted by molar-refractivity contribution is -0.139. The van der Waals surface area contributed by atoms with Crippen LogP contribution in [-0.2, 0) is 20.9 Å². The maximum absolute atomic E-state index is 14.6. The Bertz CT molecular complexity index is 2050. The van der Waals surface area contributed by atoms with Gasteiger partial charge in [-0.3, -0.25) is 14.2 Å². The van der Waals surface area contributed by atoms with Crippen LogP contribution in [0.2, 0.25) is 10.0 Å². The highest BCUT2D eigenvalue weighted by Crippen LogP contribution is 2.39. The Morgan fingerprint density at radius 2 is 1.73 bits per heavy atom. The first-order valence-electron chi connectivity index (χ1n) is 14.5. The standard InChI is InChI=1S/C34H29Cl2N3O5S/c1-4-8-24-28(33(42)44-5-2)29(23-17-21(36)15-16-26(23)43-3)39-32(41)30(45-34(39)37-24)27-22-9-6-7-10-25(22)38(31(27)40)18-19-11-13-20(35)14-12-19/h6-7,9-17,29H,4-5,8,18H2,1-3H3/b30-27-/t29-/m0/s1. The number of para-hydroxylation sites is 1. The van der Waals surface area contributed by atoms with Gasteiger partial charge in [-0.1, -0.05) is 78.2 Å². The number of anilines is 1. The fraction of sp³-hybridized carbons (Fsp3) is 0.235. The van der Waals surface area contributed by atoms with Crippen molar-refractivity contribution >= 4 is 57.7 Å². The van der Waals surface area contributed by atoms with Crippen LogP contribution in [0.15, 0.2) is 87.8 Å². The van der Waals surface area contributed by atoms with Gasteiger partial charge in [-0.05, 0) is 55.3 Å². The van der Waals surface area contributed by atoms with Gasteiger partial charge in [0.05, 0.1) is 42.8 Å². The van der Waals surface area contributed by atoms with Crippen LogP contribution in [0.4, 0.5) is 5.69 Å². The Kier molecular flexibility index (Phi) is 8.68. The van der Waals surface area contributed by atoms with Crippen LogP contribution in [0, 0.1) is 0 Å². The smallest absolute Gasteiger partial charge is 0.338 e. The summed E-state index contributed by atoms with van der Waals surface area (Å²) in [5, 5.41) is 1.01. The fourth-order valence-electron chi connectivity index (χ4n) is 5.81. The topological polar surface area (TPSA) is 90.2 Å². The van der Waals surface area contributed by atoms with Crippen LogP contribution in [0.3, 0.4) is 0 Å². The number of carbonyl (C=O) groups excluding carboxylic acids is 2. The van der Waals surface area contributed by atoms with Crippen molar-refractivity contribution in [1.29, 1.82) is 0 Å². The maximum Gasteiger partial charge on any atom is 0.338 e. The lowest BCUT2D eigenvalue weighted by Crippen LogP contribution is -2.41. The highest BCUT2D eigenvalue weighted by atomic mass is 35.5. The van der Waals surface area contributed by atoms with Crippen LogP contribution in [-0.4, -0.2) is 30.2 Å². The van der Waals surface area contributed by atoms with E-state index in [1.807, 2.05) is 43.3 Å². The molecular weight excluding hydrogens is 633 g/mol. The van der Waals surface area contributed by atoms with Gasteiger partial charge in [-0.15, -0.1) is 0 Å². The SMILES string of the molecule is CCCC1=C(C(=O)OCC)[C@H](c2cc(Cl)ccc2OC)n2c(s/c(=C3\C(=O)N(Cc4ccc(Cl)cc4)c4ccccc43)c2=O)=N1. The number of halogens is 2. The number of carbonyl (C=O) groups is 2. The van der Waals surface area contributed by atoms with Crippen molar-refractivity contribution in [3.63, 3.8) is 0 Å². The van der Waals surface area contributed by atoms with Crippen LogP contribution >= 0.6 is 34.5 Å². The van der Waals surface area contributed by atoms with E-state index in [1.165, 1.54) is 11.7 Å². The molecular formula is C34H29Cl2N3O5S. The largest absolute Gasteiger partial charge is 0.496 e. The molecule has 4 aromatic rings. The Morgan fingerprint density at radius 3 is 2.44 bits per heavy atom. The zero-order valence-corrected chi connectivity index (χ0v) is 27.1. The second-order valence-corrected chi connectivity index (χ2v) is 12.4. The number of rotatable bonds is 8. The molecule has 1 aromatic heterocycles. The van der Waals surface area contributed by atoms with Gasteiger partial charge in [-0.25, -0.2) is 9.79 Å². The number of fused-ring (bicyclic) bond motifs is 2. The average Bonchev–Trinajstić information content (AvgIpc) is 3.49. The molecule has 0 saturated heterocycles. The normalized spacial score (nSPS) is 16.8. The molecule has 0 bridgehead atoms. The molecule has 0 aliphatic carbocycles. The molecule has 3 heterocycles. The highest BCUT2D eigenvalue weighted by Gasteiger charge is 2.39. The van der Waals surface area contributed by atoms with Gasteiger partial charge in [0, 0.05) is 21.2 Å². The molecule has 2 aliphatic heterocycles. The first-order valence-corrected chi connectivity index (χ1v) is 16.1. The molecule has 1 amide bonds. The third-order valence-corrected chi connectivity index (χ3v) is 9.30. The van der Waals surface area contributed by atoms with Gasteiger partial charge in [0.25, 0.3) is 11.5 Å². The summed E-state index contributed by atoms with van der Waals surface area (Å²) in [5.74, 6) is -0.434. The lowest BCUT2D eigenvalue weighted by atomic mass is 9.93. The van der Waals surface area contributed by atoms with Crippen LogP contribution in [0.5, 0.6) is 5.75 Å². The molecule has 1 atom stereocenters. The summed E-state index contributed by atoms with van der Waals surface area (Å²) in [6.45, 7) is 4.15. The van der Waals surface area contributed by atoms with E-state index < -0.39 is 17.6 Å². The first kappa shape index (κ1) is 30.8. The number of ether oxygens (including phenoxy) is 2. The van der Waals surface area contributed by atoms with Gasteiger partial charge in [0.2, 0.25) is 0 Å². The van der Waals surface area contributed by atoms with Gasteiger partial charge < -0.3 is 14.4 Å². The molecule has 0 unspecified atom stereocenters. The van der Waals surface area contributed by atoms with Crippen LogP contribution in [0.1, 0.15) is 49.4 Å². The van der Waals surface area contributed by atoms with Crippen LogP contribution < -0.4 is 24.5 Å². The molecule has 6 rings (SSSR count). The zero-order valence-electron chi connectivity index (χ0n) is 24.8. The van der Waals surface area contributed by atoms with E-state index in [9.17, 15) is 14.4 Å². The number of allylic oxidation sites excluding steroid dienone is 1. The van der Waals surface area contributed by atoms with Crippen molar-refractivity contribution in [2.24, 2.45) is 4.99 Å². The van der Waals surface area contributed by atoms with Gasteiger partial charge in [0.1, 0.15) is 16.3 Å². The number of benzene rings is 3. The van der Waals surface area contributed by atoms with E-state index in [2.05, 4.69) is 0 Å². The zero-order chi connectivity index (χ0) is 31.8. The fourth-order valence-corrected chi connectivity index (χ4v) is 7.23. The van der Waals surface area contributed by atoms with Gasteiger partial charge in [-0.2, -0.15) is 0 Å². The summed E-state index contributed by atoms with van der Waals surface area (Å²) in [6, 6.07) is 18.8. The minimum Gasteiger partial charge on any atom is -0.496 e. The van der Waals surface area contributed by atoms with Crippen molar-refractivity contribution in [3.05, 3.63) is 124 Å². The van der Waals surface area contributed by atoms with E-state index >= 15 is 0 Å². The quantitative estimate of drug-likeness (QED) is 0.222. The second-order valence-electron chi connectivity index (χ2n) is 10.5. The predicted octanol–water partition coefficient (Wildman–Crippen LogP) is 5.81. The number of esters is 1. The number of nitrogens with zero attached hydrogens (tertiary/aromatic N) is 3. The average molecular weight is 663 g/mol. The summed E-state index contributed by atoms with van der Waals surface area (Å²) in [5.41, 5.74) is 3.35. The summed E-state index contributed by atoms with van der Waals surface area (Å²) >= 11 is 13.7. The Hall–Kier alpha value is -4.18. The number of thiazole rings is 1. The number of methoxy groups -OCH3 is 1.